The van der Waals surface area contributed by atoms with E-state index in [-0.39, 0.29) is 19.1 Å². The summed E-state index contributed by atoms with van der Waals surface area (Å²) in [4.78, 5) is 24.0. The fourth-order valence-electron chi connectivity index (χ4n) is 3.94. The molecule has 0 fully saturated rings. The minimum atomic E-state index is -0.438. The third kappa shape index (κ3) is 5.77. The third-order valence-corrected chi connectivity index (χ3v) is 5.42. The average molecular weight is 430 g/mol. The number of hydrogen-bond acceptors (Lipinski definition) is 4. The summed E-state index contributed by atoms with van der Waals surface area (Å²) in [6.45, 7) is 6.28. The molecule has 2 N–H and O–H groups in total. The van der Waals surface area contributed by atoms with E-state index in [1.54, 1.807) is 0 Å². The highest BCUT2D eigenvalue weighted by Gasteiger charge is 2.31. The van der Waals surface area contributed by atoms with E-state index in [1.165, 1.54) is 5.56 Å². The van der Waals surface area contributed by atoms with E-state index >= 15 is 0 Å². The van der Waals surface area contributed by atoms with Gasteiger partial charge in [0.05, 0.1) is 0 Å². The van der Waals surface area contributed by atoms with E-state index in [9.17, 15) is 9.59 Å². The van der Waals surface area contributed by atoms with Gasteiger partial charge in [0.1, 0.15) is 20.3 Å². The van der Waals surface area contributed by atoms with Gasteiger partial charge in [-0.2, -0.15) is 0 Å². The minimum absolute atomic E-state index is 0.139. The molecule has 0 bridgehead atoms. The molecule has 1 aliphatic heterocycles. The number of nitrogens with zero attached hydrogens (tertiary/aromatic N) is 2. The van der Waals surface area contributed by atoms with Crippen LogP contribution in [0.2, 0.25) is 0 Å². The molecule has 2 aromatic heterocycles. The summed E-state index contributed by atoms with van der Waals surface area (Å²) >= 11 is 0. The Morgan fingerprint density at radius 1 is 1.13 bits per heavy atom. The quantitative estimate of drug-likeness (QED) is 0.600. The SMILES string of the molecule is CCCNC(=O)OCc1cn2c(c1COC(=O)NCCC)C(c1ccc[n+](C)c1)CC2. The van der Waals surface area contributed by atoms with Gasteiger partial charge < -0.3 is 24.7 Å². The third-order valence-electron chi connectivity index (χ3n) is 5.42. The lowest BCUT2D eigenvalue weighted by Gasteiger charge is -2.14. The molecule has 1 unspecified atom stereocenters. The number of hydrogen-bond donors (Lipinski definition) is 2. The maximum absolute atomic E-state index is 12.1. The van der Waals surface area contributed by atoms with Gasteiger partial charge in [0.15, 0.2) is 12.4 Å². The van der Waals surface area contributed by atoms with Crippen molar-refractivity contribution in [3.63, 3.8) is 0 Å². The largest absolute Gasteiger partial charge is 0.445 e. The molecule has 0 aromatic carbocycles. The standard InChI is InChI=1S/C23H32N4O4/c1-4-9-24-22(28)30-15-18-14-27-12-8-19(17-7-6-11-26(3)13-17)21(27)20(18)16-31-23(29)25-10-5-2/h6-7,11,13-14,19H,4-5,8-10,12,15-16H2,1-3H3,(H-,24,25,28,29)/p+1. The molecule has 0 radical (unpaired) electrons. The van der Waals surface area contributed by atoms with Crippen LogP contribution in [0.3, 0.4) is 0 Å². The zero-order valence-electron chi connectivity index (χ0n) is 18.6. The highest BCUT2D eigenvalue weighted by atomic mass is 16.6. The fraction of sp³-hybridized carbons (Fsp3) is 0.522. The monoisotopic (exact) mass is 429 g/mol. The van der Waals surface area contributed by atoms with Gasteiger partial charge in [-0.25, -0.2) is 14.2 Å². The summed E-state index contributed by atoms with van der Waals surface area (Å²) < 4.78 is 15.2. The van der Waals surface area contributed by atoms with E-state index < -0.39 is 12.2 Å². The molecule has 2 aromatic rings. The molecule has 8 nitrogen and oxygen atoms in total. The van der Waals surface area contributed by atoms with Crippen LogP contribution in [0.5, 0.6) is 0 Å². The summed E-state index contributed by atoms with van der Waals surface area (Å²) in [5, 5.41) is 5.46. The zero-order valence-corrected chi connectivity index (χ0v) is 18.6. The molecule has 1 aliphatic rings. The summed E-state index contributed by atoms with van der Waals surface area (Å²) in [6, 6.07) is 4.16. The molecule has 1 atom stereocenters. The summed E-state index contributed by atoms with van der Waals surface area (Å²) in [5.41, 5.74) is 4.13. The number of carbonyl (C=O) groups is 2. The molecule has 0 saturated carbocycles. The maximum atomic E-state index is 12.1. The lowest BCUT2D eigenvalue weighted by atomic mass is 9.93. The Labute approximate surface area is 183 Å². The number of ether oxygens (including phenoxy) is 2. The molecule has 168 valence electrons. The molecule has 3 rings (SSSR count). The Balaban J connectivity index is 1.83. The van der Waals surface area contributed by atoms with Crippen molar-refractivity contribution in [2.24, 2.45) is 7.05 Å². The molecule has 3 heterocycles. The van der Waals surface area contributed by atoms with Crippen molar-refractivity contribution in [2.45, 2.75) is 58.8 Å². The van der Waals surface area contributed by atoms with Gasteiger partial charge >= 0.3 is 12.2 Å². The number of fused-ring (bicyclic) bond motifs is 1. The number of rotatable bonds is 9. The Morgan fingerprint density at radius 2 is 1.81 bits per heavy atom. The van der Waals surface area contributed by atoms with Crippen molar-refractivity contribution in [2.75, 3.05) is 13.1 Å². The van der Waals surface area contributed by atoms with Gasteiger partial charge in [-0.1, -0.05) is 13.8 Å². The van der Waals surface area contributed by atoms with Crippen molar-refractivity contribution < 1.29 is 23.6 Å². The molecule has 0 saturated heterocycles. The minimum Gasteiger partial charge on any atom is -0.445 e. The van der Waals surface area contributed by atoms with Crippen molar-refractivity contribution in [1.29, 1.82) is 0 Å². The van der Waals surface area contributed by atoms with Crippen LogP contribution in [-0.2, 0) is 36.3 Å². The number of nitrogens with one attached hydrogen (secondary N) is 2. The molecule has 8 heteroatoms. The fourth-order valence-corrected chi connectivity index (χ4v) is 3.94. The first-order valence-electron chi connectivity index (χ1n) is 11.0. The van der Waals surface area contributed by atoms with Crippen LogP contribution < -0.4 is 15.2 Å². The smallest absolute Gasteiger partial charge is 0.407 e. The summed E-state index contributed by atoms with van der Waals surface area (Å²) in [7, 11) is 2.01. The van der Waals surface area contributed by atoms with Gasteiger partial charge in [-0.15, -0.1) is 0 Å². The predicted molar refractivity (Wildman–Crippen MR) is 115 cm³/mol. The van der Waals surface area contributed by atoms with Gasteiger partial charge in [0.2, 0.25) is 0 Å². The maximum Gasteiger partial charge on any atom is 0.407 e. The number of amides is 2. The molecule has 31 heavy (non-hydrogen) atoms. The van der Waals surface area contributed by atoms with Crippen molar-refractivity contribution in [3.05, 3.63) is 53.1 Å². The number of pyridine rings is 1. The lowest BCUT2D eigenvalue weighted by Crippen LogP contribution is -2.27. The first-order valence-corrected chi connectivity index (χ1v) is 11.0. The van der Waals surface area contributed by atoms with Gasteiger partial charge in [-0.05, 0) is 25.3 Å². The van der Waals surface area contributed by atoms with Crippen LogP contribution in [0.4, 0.5) is 9.59 Å². The highest BCUT2D eigenvalue weighted by Crippen LogP contribution is 2.39. The number of aryl methyl sites for hydroxylation is 2. The molecule has 0 aliphatic carbocycles. The van der Waals surface area contributed by atoms with Crippen LogP contribution in [0, 0.1) is 0 Å². The van der Waals surface area contributed by atoms with E-state index in [4.69, 9.17) is 9.47 Å². The average Bonchev–Trinajstić information content (AvgIpc) is 3.32. The second-order valence-corrected chi connectivity index (χ2v) is 7.86. The number of carbonyl (C=O) groups excluding carboxylic acids is 2. The van der Waals surface area contributed by atoms with Crippen LogP contribution >= 0.6 is 0 Å². The van der Waals surface area contributed by atoms with Crippen LogP contribution in [0.15, 0.2) is 30.7 Å². The molecule has 0 spiro atoms. The second-order valence-electron chi connectivity index (χ2n) is 7.86. The van der Waals surface area contributed by atoms with Crippen LogP contribution in [0.25, 0.3) is 0 Å². The first-order chi connectivity index (χ1) is 15.0. The Hall–Kier alpha value is -3.03. The molecular weight excluding hydrogens is 396 g/mol. The predicted octanol–water partition coefficient (Wildman–Crippen LogP) is 3.12. The summed E-state index contributed by atoms with van der Waals surface area (Å²) in [6.07, 6.45) is 7.95. The first kappa shape index (κ1) is 22.7. The summed E-state index contributed by atoms with van der Waals surface area (Å²) in [5.74, 6) is 0.201. The Bertz CT molecular complexity index is 909. The van der Waals surface area contributed by atoms with Crippen molar-refractivity contribution >= 4 is 12.2 Å². The van der Waals surface area contributed by atoms with Crippen molar-refractivity contribution in [1.82, 2.24) is 15.2 Å². The van der Waals surface area contributed by atoms with Gasteiger partial charge in [0.25, 0.3) is 0 Å². The normalized spacial score (nSPS) is 14.7. The Morgan fingerprint density at radius 3 is 2.45 bits per heavy atom. The lowest BCUT2D eigenvalue weighted by molar-refractivity contribution is -0.672. The van der Waals surface area contributed by atoms with Gasteiger partial charge in [-0.3, -0.25) is 0 Å². The van der Waals surface area contributed by atoms with E-state index in [1.807, 2.05) is 43.9 Å². The topological polar surface area (TPSA) is 85.5 Å². The van der Waals surface area contributed by atoms with E-state index in [2.05, 4.69) is 27.5 Å². The van der Waals surface area contributed by atoms with Crippen molar-refractivity contribution in [3.8, 4) is 0 Å². The van der Waals surface area contributed by atoms with E-state index in [0.29, 0.717) is 13.1 Å². The van der Waals surface area contributed by atoms with Crippen LogP contribution in [-0.4, -0.2) is 29.8 Å². The molecule has 2 amide bonds. The molecular formula is C23H33N4O4+. The number of aromatic nitrogens is 2. The zero-order chi connectivity index (χ0) is 22.2. The highest BCUT2D eigenvalue weighted by molar-refractivity contribution is 5.67. The van der Waals surface area contributed by atoms with Gasteiger partial charge in [0, 0.05) is 60.2 Å². The Kier molecular flexibility index (Phi) is 7.92. The number of alkyl carbamates (subject to hydrolysis) is 2. The van der Waals surface area contributed by atoms with Crippen LogP contribution in [0.1, 0.15) is 61.4 Å². The van der Waals surface area contributed by atoms with E-state index in [0.717, 1.165) is 42.6 Å². The second kappa shape index (κ2) is 10.8.